The molecule has 0 radical (unpaired) electrons. The smallest absolute Gasteiger partial charge is 0.176 e. The van der Waals surface area contributed by atoms with Crippen LogP contribution in [0.15, 0.2) is 41.0 Å². The van der Waals surface area contributed by atoms with Crippen LogP contribution >= 0.6 is 0 Å². The number of carbonyl (C=O) groups is 1. The number of Topliss-reactive ketones (excluding diaryl/α,β-unsaturated/α-hetero) is 1. The first kappa shape index (κ1) is 17.8. The van der Waals surface area contributed by atoms with Crippen LogP contribution in [0.25, 0.3) is 0 Å². The summed E-state index contributed by atoms with van der Waals surface area (Å²) in [7, 11) is 0. The zero-order valence-corrected chi connectivity index (χ0v) is 14.6. The minimum Gasteiger partial charge on any atom is -0.468 e. The molecule has 5 heteroatoms. The summed E-state index contributed by atoms with van der Waals surface area (Å²) in [5.74, 6) is 0.478. The third-order valence-corrected chi connectivity index (χ3v) is 4.82. The first-order valence-corrected chi connectivity index (χ1v) is 8.92. The maximum atomic E-state index is 13.6. The number of nitrogens with one attached hydrogen (secondary N) is 1. The van der Waals surface area contributed by atoms with Crippen LogP contribution in [0.5, 0.6) is 0 Å². The molecule has 0 saturated carbocycles. The van der Waals surface area contributed by atoms with Crippen LogP contribution in [0.1, 0.15) is 47.0 Å². The number of benzene rings is 1. The van der Waals surface area contributed by atoms with E-state index < -0.39 is 0 Å². The van der Waals surface area contributed by atoms with E-state index in [2.05, 4.69) is 10.2 Å². The maximum absolute atomic E-state index is 13.6. The molecule has 1 aromatic heterocycles. The van der Waals surface area contributed by atoms with Crippen molar-refractivity contribution >= 4 is 5.78 Å². The van der Waals surface area contributed by atoms with E-state index in [4.69, 9.17) is 4.42 Å². The molecule has 2 aromatic rings. The van der Waals surface area contributed by atoms with E-state index in [0.29, 0.717) is 17.7 Å². The molecule has 1 N–H and O–H groups in total. The number of halogens is 1. The Bertz CT molecular complexity index is 694. The molecular formula is C20H25FN2O2. The van der Waals surface area contributed by atoms with Gasteiger partial charge in [0.1, 0.15) is 11.6 Å². The van der Waals surface area contributed by atoms with Crippen molar-refractivity contribution in [2.24, 2.45) is 0 Å². The number of hydrogen-bond acceptors (Lipinski definition) is 4. The molecule has 1 aliphatic rings. The van der Waals surface area contributed by atoms with E-state index in [0.717, 1.165) is 18.8 Å². The molecule has 1 saturated heterocycles. The number of furan rings is 1. The second kappa shape index (κ2) is 8.41. The number of ketones is 1. The molecule has 2 heterocycles. The third kappa shape index (κ3) is 4.55. The van der Waals surface area contributed by atoms with Gasteiger partial charge in [0.2, 0.25) is 0 Å². The zero-order chi connectivity index (χ0) is 17.6. The van der Waals surface area contributed by atoms with Crippen molar-refractivity contribution < 1.29 is 13.6 Å². The number of likely N-dealkylation sites (tertiary alicyclic amines) is 1. The predicted molar refractivity (Wildman–Crippen MR) is 95.2 cm³/mol. The van der Waals surface area contributed by atoms with Gasteiger partial charge in [0, 0.05) is 12.1 Å². The Morgan fingerprint density at radius 1 is 1.28 bits per heavy atom. The summed E-state index contributed by atoms with van der Waals surface area (Å²) in [6.45, 7) is 4.60. The van der Waals surface area contributed by atoms with Gasteiger partial charge in [-0.25, -0.2) is 4.39 Å². The standard InChI is InChI=1S/C20H25FN2O2/c1-15-7-8-16(12-17(15)21)19(24)14-22-13-18(20-6-5-11-25-20)23-9-3-2-4-10-23/h5-8,11-12,18,22H,2-4,9-10,13-14H2,1H3. The highest BCUT2D eigenvalue weighted by molar-refractivity contribution is 5.97. The minimum absolute atomic E-state index is 0.101. The lowest BCUT2D eigenvalue weighted by molar-refractivity contribution is 0.0979. The van der Waals surface area contributed by atoms with E-state index in [1.165, 1.54) is 25.3 Å². The van der Waals surface area contributed by atoms with Crippen molar-refractivity contribution in [1.82, 2.24) is 10.2 Å². The monoisotopic (exact) mass is 344 g/mol. The molecule has 25 heavy (non-hydrogen) atoms. The van der Waals surface area contributed by atoms with E-state index in [9.17, 15) is 9.18 Å². The lowest BCUT2D eigenvalue weighted by Crippen LogP contribution is -2.40. The van der Waals surface area contributed by atoms with Crippen molar-refractivity contribution in [2.45, 2.75) is 32.2 Å². The number of rotatable bonds is 7. The van der Waals surface area contributed by atoms with Gasteiger partial charge in [-0.1, -0.05) is 18.6 Å². The summed E-state index contributed by atoms with van der Waals surface area (Å²) in [4.78, 5) is 14.7. The highest BCUT2D eigenvalue weighted by Crippen LogP contribution is 2.24. The van der Waals surface area contributed by atoms with Gasteiger partial charge in [0.25, 0.3) is 0 Å². The molecule has 0 bridgehead atoms. The summed E-state index contributed by atoms with van der Waals surface area (Å²) < 4.78 is 19.2. The molecule has 0 amide bonds. The van der Waals surface area contributed by atoms with Gasteiger partial charge in [0.15, 0.2) is 5.78 Å². The van der Waals surface area contributed by atoms with Gasteiger partial charge in [-0.05, 0) is 56.6 Å². The molecule has 0 aliphatic carbocycles. The predicted octanol–water partition coefficient (Wildman–Crippen LogP) is 3.73. The first-order valence-electron chi connectivity index (χ1n) is 8.92. The maximum Gasteiger partial charge on any atom is 0.176 e. The molecule has 0 spiro atoms. The molecule has 4 nitrogen and oxygen atoms in total. The molecular weight excluding hydrogens is 319 g/mol. The van der Waals surface area contributed by atoms with Crippen LogP contribution in [0.4, 0.5) is 4.39 Å². The Morgan fingerprint density at radius 3 is 2.76 bits per heavy atom. The van der Waals surface area contributed by atoms with Gasteiger partial charge in [-0.15, -0.1) is 0 Å². The number of carbonyl (C=O) groups excluding carboxylic acids is 1. The normalized spacial score (nSPS) is 16.7. The average molecular weight is 344 g/mol. The van der Waals surface area contributed by atoms with Crippen LogP contribution in [-0.4, -0.2) is 36.9 Å². The van der Waals surface area contributed by atoms with Gasteiger partial charge < -0.3 is 9.73 Å². The number of aryl methyl sites for hydroxylation is 1. The Kier molecular flexibility index (Phi) is 6.00. The summed E-state index contributed by atoms with van der Waals surface area (Å²) >= 11 is 0. The Balaban J connectivity index is 1.59. The number of nitrogens with zero attached hydrogens (tertiary/aromatic N) is 1. The largest absolute Gasteiger partial charge is 0.468 e. The van der Waals surface area contributed by atoms with E-state index in [-0.39, 0.29) is 24.2 Å². The molecule has 1 unspecified atom stereocenters. The Labute approximate surface area is 148 Å². The first-order chi connectivity index (χ1) is 12.1. The van der Waals surface area contributed by atoms with Crippen LogP contribution < -0.4 is 5.32 Å². The summed E-state index contributed by atoms with van der Waals surface area (Å²) in [5.41, 5.74) is 0.954. The molecule has 1 fully saturated rings. The van der Waals surface area contributed by atoms with Crippen molar-refractivity contribution in [3.05, 3.63) is 59.3 Å². The van der Waals surface area contributed by atoms with Crippen LogP contribution in [0, 0.1) is 12.7 Å². The van der Waals surface area contributed by atoms with Gasteiger partial charge in [-0.3, -0.25) is 9.69 Å². The fourth-order valence-electron chi connectivity index (χ4n) is 3.31. The minimum atomic E-state index is -0.340. The van der Waals surface area contributed by atoms with Crippen molar-refractivity contribution in [2.75, 3.05) is 26.2 Å². The molecule has 3 rings (SSSR count). The zero-order valence-electron chi connectivity index (χ0n) is 14.6. The quantitative estimate of drug-likeness (QED) is 0.778. The molecule has 1 aromatic carbocycles. The lowest BCUT2D eigenvalue weighted by Gasteiger charge is -2.33. The molecule has 1 atom stereocenters. The topological polar surface area (TPSA) is 45.5 Å². The van der Waals surface area contributed by atoms with Crippen molar-refractivity contribution in [3.63, 3.8) is 0 Å². The Hall–Kier alpha value is -1.98. The van der Waals surface area contributed by atoms with E-state index in [1.807, 2.05) is 12.1 Å². The Morgan fingerprint density at radius 2 is 2.08 bits per heavy atom. The van der Waals surface area contributed by atoms with Crippen LogP contribution in [-0.2, 0) is 0 Å². The number of piperidine rings is 1. The summed E-state index contributed by atoms with van der Waals surface area (Å²) in [6, 6.07) is 8.63. The summed E-state index contributed by atoms with van der Waals surface area (Å²) in [5, 5.41) is 3.23. The van der Waals surface area contributed by atoms with Crippen LogP contribution in [0.3, 0.4) is 0 Å². The van der Waals surface area contributed by atoms with Crippen LogP contribution in [0.2, 0.25) is 0 Å². The second-order valence-electron chi connectivity index (χ2n) is 6.65. The highest BCUT2D eigenvalue weighted by atomic mass is 19.1. The molecule has 1 aliphatic heterocycles. The van der Waals surface area contributed by atoms with E-state index in [1.54, 1.807) is 25.3 Å². The summed E-state index contributed by atoms with van der Waals surface area (Å²) in [6.07, 6.45) is 5.34. The van der Waals surface area contributed by atoms with Crippen molar-refractivity contribution in [3.8, 4) is 0 Å². The SMILES string of the molecule is Cc1ccc(C(=O)CNCC(c2ccco2)N2CCCCC2)cc1F. The van der Waals surface area contributed by atoms with Gasteiger partial charge in [-0.2, -0.15) is 0 Å². The van der Waals surface area contributed by atoms with E-state index >= 15 is 0 Å². The highest BCUT2D eigenvalue weighted by Gasteiger charge is 2.24. The van der Waals surface area contributed by atoms with Gasteiger partial charge >= 0.3 is 0 Å². The fraction of sp³-hybridized carbons (Fsp3) is 0.450. The fourth-order valence-corrected chi connectivity index (χ4v) is 3.31. The molecule has 134 valence electrons. The number of hydrogen-bond donors (Lipinski definition) is 1. The van der Waals surface area contributed by atoms with Gasteiger partial charge in [0.05, 0.1) is 18.8 Å². The van der Waals surface area contributed by atoms with Crippen molar-refractivity contribution in [1.29, 1.82) is 0 Å². The third-order valence-electron chi connectivity index (χ3n) is 4.82. The second-order valence-corrected chi connectivity index (χ2v) is 6.65. The lowest BCUT2D eigenvalue weighted by atomic mass is 10.1. The average Bonchev–Trinajstić information content (AvgIpc) is 3.16.